The molecule has 0 bridgehead atoms. The van der Waals surface area contributed by atoms with Crippen molar-refractivity contribution in [3.63, 3.8) is 0 Å². The smallest absolute Gasteiger partial charge is 0.246 e. The van der Waals surface area contributed by atoms with Crippen LogP contribution in [0.3, 0.4) is 0 Å². The third kappa shape index (κ3) is 2.20. The maximum atomic E-state index is 12.6. The summed E-state index contributed by atoms with van der Waals surface area (Å²) in [6.45, 7) is 4.81. The predicted molar refractivity (Wildman–Crippen MR) is 68.7 cm³/mol. The summed E-state index contributed by atoms with van der Waals surface area (Å²) in [4.78, 5) is 0.282. The lowest BCUT2D eigenvalue weighted by Crippen LogP contribution is -2.36. The first-order valence-corrected chi connectivity index (χ1v) is 7.71. The second kappa shape index (κ2) is 5.03. The van der Waals surface area contributed by atoms with E-state index in [1.165, 1.54) is 0 Å². The van der Waals surface area contributed by atoms with E-state index in [0.717, 1.165) is 19.3 Å². The quantitative estimate of drug-likeness (QED) is 0.905. The highest BCUT2D eigenvalue weighted by Gasteiger charge is 2.32. The number of furan rings is 1. The fourth-order valence-electron chi connectivity index (χ4n) is 2.52. The summed E-state index contributed by atoms with van der Waals surface area (Å²) in [5, 5.41) is 0. The topological polar surface area (TPSA) is 76.5 Å². The summed E-state index contributed by atoms with van der Waals surface area (Å²) in [7, 11) is -3.46. The first-order valence-electron chi connectivity index (χ1n) is 6.27. The first kappa shape index (κ1) is 13.6. The van der Waals surface area contributed by atoms with Crippen molar-refractivity contribution in [3.8, 4) is 0 Å². The Hall–Kier alpha value is -0.850. The highest BCUT2D eigenvalue weighted by Crippen LogP contribution is 2.30. The molecule has 0 spiro atoms. The van der Waals surface area contributed by atoms with Crippen molar-refractivity contribution >= 4 is 10.0 Å². The van der Waals surface area contributed by atoms with Crippen molar-refractivity contribution in [2.75, 3.05) is 13.1 Å². The second-order valence-corrected chi connectivity index (χ2v) is 6.57. The van der Waals surface area contributed by atoms with E-state index in [4.69, 9.17) is 10.2 Å². The van der Waals surface area contributed by atoms with E-state index >= 15 is 0 Å². The molecule has 0 amide bonds. The van der Waals surface area contributed by atoms with Gasteiger partial charge in [0.1, 0.15) is 16.4 Å². The van der Waals surface area contributed by atoms with Crippen molar-refractivity contribution in [1.29, 1.82) is 0 Å². The minimum Gasteiger partial charge on any atom is -0.465 e. The summed E-state index contributed by atoms with van der Waals surface area (Å²) >= 11 is 0. The van der Waals surface area contributed by atoms with Gasteiger partial charge in [0.05, 0.1) is 0 Å². The van der Waals surface area contributed by atoms with Crippen LogP contribution in [-0.2, 0) is 16.6 Å². The molecule has 5 nitrogen and oxygen atoms in total. The number of aryl methyl sites for hydroxylation is 2. The van der Waals surface area contributed by atoms with Gasteiger partial charge in [0.25, 0.3) is 0 Å². The molecule has 0 saturated carbocycles. The van der Waals surface area contributed by atoms with Crippen LogP contribution in [0.5, 0.6) is 0 Å². The standard InChI is InChI=1S/C12H20N2O3S/c1-9-11(8-13)12(10(2)17-9)18(15,16)14-6-4-3-5-7-14/h3-8,13H2,1-2H3. The third-order valence-electron chi connectivity index (χ3n) is 3.44. The summed E-state index contributed by atoms with van der Waals surface area (Å²) in [5.74, 6) is 1.05. The monoisotopic (exact) mass is 272 g/mol. The van der Waals surface area contributed by atoms with Crippen LogP contribution in [0.4, 0.5) is 0 Å². The Kier molecular flexibility index (Phi) is 3.79. The van der Waals surface area contributed by atoms with Gasteiger partial charge in [-0.2, -0.15) is 4.31 Å². The molecule has 18 heavy (non-hydrogen) atoms. The Bertz CT molecular complexity index is 528. The zero-order valence-corrected chi connectivity index (χ0v) is 11.7. The summed E-state index contributed by atoms with van der Waals surface area (Å²) in [6, 6.07) is 0. The molecule has 2 rings (SSSR count). The Balaban J connectivity index is 2.46. The average Bonchev–Trinajstić information content (AvgIpc) is 2.65. The fraction of sp³-hybridized carbons (Fsp3) is 0.667. The lowest BCUT2D eigenvalue weighted by atomic mass is 10.2. The van der Waals surface area contributed by atoms with Crippen LogP contribution in [0.1, 0.15) is 36.3 Å². The molecule has 2 heterocycles. The Labute approximate surface area is 108 Å². The maximum absolute atomic E-state index is 12.6. The average molecular weight is 272 g/mol. The molecule has 1 fully saturated rings. The van der Waals surface area contributed by atoms with E-state index in [1.54, 1.807) is 18.2 Å². The molecule has 0 aromatic carbocycles. The Morgan fingerprint density at radius 2 is 1.78 bits per heavy atom. The maximum Gasteiger partial charge on any atom is 0.246 e. The van der Waals surface area contributed by atoms with Gasteiger partial charge in [-0.1, -0.05) is 6.42 Å². The number of piperidine rings is 1. The molecular formula is C12H20N2O3S. The lowest BCUT2D eigenvalue weighted by Gasteiger charge is -2.26. The Morgan fingerprint density at radius 3 is 2.33 bits per heavy atom. The molecule has 0 aliphatic carbocycles. The van der Waals surface area contributed by atoms with E-state index in [9.17, 15) is 8.42 Å². The molecule has 1 aromatic rings. The van der Waals surface area contributed by atoms with Gasteiger partial charge < -0.3 is 10.2 Å². The molecule has 0 atom stereocenters. The normalized spacial score (nSPS) is 18.2. The van der Waals surface area contributed by atoms with Gasteiger partial charge in [-0.3, -0.25) is 0 Å². The zero-order valence-electron chi connectivity index (χ0n) is 10.9. The molecule has 0 unspecified atom stereocenters. The zero-order chi connectivity index (χ0) is 13.3. The number of nitrogens with zero attached hydrogens (tertiary/aromatic N) is 1. The third-order valence-corrected chi connectivity index (χ3v) is 5.54. The van der Waals surface area contributed by atoms with Gasteiger partial charge in [-0.05, 0) is 26.7 Å². The van der Waals surface area contributed by atoms with Gasteiger partial charge in [-0.25, -0.2) is 8.42 Å². The highest BCUT2D eigenvalue weighted by molar-refractivity contribution is 7.89. The van der Waals surface area contributed by atoms with Crippen molar-refractivity contribution < 1.29 is 12.8 Å². The SMILES string of the molecule is Cc1oc(C)c(S(=O)(=O)N2CCCCC2)c1CN. The summed E-state index contributed by atoms with van der Waals surface area (Å²) < 4.78 is 32.2. The molecule has 6 heteroatoms. The molecule has 2 N–H and O–H groups in total. The molecule has 1 aliphatic heterocycles. The van der Waals surface area contributed by atoms with Crippen molar-refractivity contribution in [3.05, 3.63) is 17.1 Å². The number of sulfonamides is 1. The van der Waals surface area contributed by atoms with Crippen LogP contribution in [0.2, 0.25) is 0 Å². The lowest BCUT2D eigenvalue weighted by molar-refractivity contribution is 0.345. The number of hydrogen-bond acceptors (Lipinski definition) is 4. The molecule has 1 aromatic heterocycles. The largest absolute Gasteiger partial charge is 0.465 e. The van der Waals surface area contributed by atoms with Crippen molar-refractivity contribution in [2.45, 2.75) is 44.6 Å². The molecule has 102 valence electrons. The van der Waals surface area contributed by atoms with Crippen LogP contribution in [0.25, 0.3) is 0 Å². The van der Waals surface area contributed by atoms with Crippen LogP contribution >= 0.6 is 0 Å². The van der Waals surface area contributed by atoms with Gasteiger partial charge >= 0.3 is 0 Å². The number of nitrogens with two attached hydrogens (primary N) is 1. The minimum absolute atomic E-state index is 0.186. The molecular weight excluding hydrogens is 252 g/mol. The molecule has 1 aliphatic rings. The number of rotatable bonds is 3. The molecule has 0 radical (unpaired) electrons. The van der Waals surface area contributed by atoms with Gasteiger partial charge in [0.2, 0.25) is 10.0 Å². The van der Waals surface area contributed by atoms with E-state index < -0.39 is 10.0 Å². The predicted octanol–water partition coefficient (Wildman–Crippen LogP) is 1.53. The van der Waals surface area contributed by atoms with Crippen LogP contribution in [-0.4, -0.2) is 25.8 Å². The number of hydrogen-bond donors (Lipinski definition) is 1. The van der Waals surface area contributed by atoms with E-state index in [2.05, 4.69) is 0 Å². The van der Waals surface area contributed by atoms with E-state index in [1.807, 2.05) is 0 Å². The first-order chi connectivity index (χ1) is 8.48. The van der Waals surface area contributed by atoms with Gasteiger partial charge in [0, 0.05) is 25.2 Å². The van der Waals surface area contributed by atoms with Gasteiger partial charge in [-0.15, -0.1) is 0 Å². The second-order valence-electron chi connectivity index (χ2n) is 4.69. The minimum atomic E-state index is -3.46. The van der Waals surface area contributed by atoms with Gasteiger partial charge in [0.15, 0.2) is 0 Å². The van der Waals surface area contributed by atoms with Crippen LogP contribution in [0, 0.1) is 13.8 Å². The van der Waals surface area contributed by atoms with Crippen molar-refractivity contribution in [2.24, 2.45) is 5.73 Å². The highest BCUT2D eigenvalue weighted by atomic mass is 32.2. The van der Waals surface area contributed by atoms with Crippen LogP contribution in [0.15, 0.2) is 9.31 Å². The summed E-state index contributed by atoms with van der Waals surface area (Å²) in [6.07, 6.45) is 2.94. The van der Waals surface area contributed by atoms with E-state index in [0.29, 0.717) is 30.2 Å². The van der Waals surface area contributed by atoms with Crippen LogP contribution < -0.4 is 5.73 Å². The summed E-state index contributed by atoms with van der Waals surface area (Å²) in [5.41, 5.74) is 6.26. The Morgan fingerprint density at radius 1 is 1.17 bits per heavy atom. The molecule has 1 saturated heterocycles. The fourth-order valence-corrected chi connectivity index (χ4v) is 4.46. The van der Waals surface area contributed by atoms with E-state index in [-0.39, 0.29) is 11.4 Å². The van der Waals surface area contributed by atoms with Crippen molar-refractivity contribution in [1.82, 2.24) is 4.31 Å².